The molecular weight excluding hydrogens is 350 g/mol. The number of aromatic amines is 1. The van der Waals surface area contributed by atoms with Crippen molar-refractivity contribution >= 4 is 11.7 Å². The van der Waals surface area contributed by atoms with Crippen LogP contribution in [0.5, 0.6) is 0 Å². The molecule has 9 nitrogen and oxygen atoms in total. The molecule has 4 rings (SSSR count). The Bertz CT molecular complexity index is 1020. The van der Waals surface area contributed by atoms with Crippen LogP contribution in [-0.4, -0.2) is 39.4 Å². The van der Waals surface area contributed by atoms with Gasteiger partial charge in [0.05, 0.1) is 12.0 Å². The summed E-state index contributed by atoms with van der Waals surface area (Å²) in [5, 5.41) is 7.19. The minimum atomic E-state index is -0.343. The summed E-state index contributed by atoms with van der Waals surface area (Å²) in [5.74, 6) is 0.815. The molecule has 9 heteroatoms. The van der Waals surface area contributed by atoms with Gasteiger partial charge >= 0.3 is 0 Å². The molecule has 0 fully saturated rings. The van der Waals surface area contributed by atoms with Gasteiger partial charge in [0.15, 0.2) is 5.76 Å². The van der Waals surface area contributed by atoms with Crippen molar-refractivity contribution in [3.8, 4) is 17.4 Å². The van der Waals surface area contributed by atoms with Crippen molar-refractivity contribution in [2.75, 3.05) is 19.0 Å². The van der Waals surface area contributed by atoms with Crippen molar-refractivity contribution in [2.24, 2.45) is 0 Å². The van der Waals surface area contributed by atoms with Gasteiger partial charge < -0.3 is 14.5 Å². The van der Waals surface area contributed by atoms with Gasteiger partial charge in [0.25, 0.3) is 11.5 Å². The number of carbonyl (C=O) groups is 1. The Labute approximate surface area is 154 Å². The van der Waals surface area contributed by atoms with Crippen molar-refractivity contribution in [2.45, 2.75) is 25.7 Å². The van der Waals surface area contributed by atoms with Crippen molar-refractivity contribution in [1.82, 2.24) is 19.7 Å². The molecule has 0 saturated heterocycles. The first-order valence-electron chi connectivity index (χ1n) is 8.71. The third-order valence-electron chi connectivity index (χ3n) is 4.41. The van der Waals surface area contributed by atoms with E-state index in [0.717, 1.165) is 36.9 Å². The van der Waals surface area contributed by atoms with E-state index in [1.54, 1.807) is 18.2 Å². The van der Waals surface area contributed by atoms with Crippen LogP contribution in [0.4, 0.5) is 5.82 Å². The number of hydrogen-bond acceptors (Lipinski definition) is 6. The van der Waals surface area contributed by atoms with E-state index in [9.17, 15) is 9.59 Å². The zero-order valence-corrected chi connectivity index (χ0v) is 14.8. The Balaban J connectivity index is 1.80. The number of amides is 1. The number of carbonyl (C=O) groups excluding carboxylic acids is 1. The van der Waals surface area contributed by atoms with Crippen LogP contribution in [0, 0.1) is 0 Å². The number of nitrogens with one attached hydrogen (secondary N) is 2. The summed E-state index contributed by atoms with van der Waals surface area (Å²) < 4.78 is 11.6. The number of nitrogens with zero attached hydrogens (tertiary/aromatic N) is 3. The molecule has 0 saturated carbocycles. The van der Waals surface area contributed by atoms with Gasteiger partial charge in [0.2, 0.25) is 5.95 Å². The predicted molar refractivity (Wildman–Crippen MR) is 96.8 cm³/mol. The summed E-state index contributed by atoms with van der Waals surface area (Å²) in [4.78, 5) is 31.8. The maximum Gasteiger partial charge on any atom is 0.255 e. The van der Waals surface area contributed by atoms with E-state index in [-0.39, 0.29) is 24.0 Å². The Kier molecular flexibility index (Phi) is 4.59. The predicted octanol–water partition coefficient (Wildman–Crippen LogP) is 1.68. The molecule has 1 amide bonds. The summed E-state index contributed by atoms with van der Waals surface area (Å²) in [6, 6.07) is 5.17. The highest BCUT2D eigenvalue weighted by molar-refractivity contribution is 5.91. The largest absolute Gasteiger partial charge is 0.463 e. The van der Waals surface area contributed by atoms with Gasteiger partial charge in [0.1, 0.15) is 18.1 Å². The first kappa shape index (κ1) is 17.2. The van der Waals surface area contributed by atoms with Gasteiger partial charge in [-0.05, 0) is 37.8 Å². The summed E-state index contributed by atoms with van der Waals surface area (Å²) in [6.45, 7) is -0.102. The minimum Gasteiger partial charge on any atom is -0.463 e. The molecule has 3 aromatic heterocycles. The first-order valence-corrected chi connectivity index (χ1v) is 8.71. The lowest BCUT2D eigenvalue weighted by Gasteiger charge is -2.15. The van der Waals surface area contributed by atoms with E-state index in [1.807, 2.05) is 0 Å². The lowest BCUT2D eigenvalue weighted by atomic mass is 9.97. The number of ether oxygens (including phenoxy) is 1. The Morgan fingerprint density at radius 1 is 1.41 bits per heavy atom. The number of H-pyrrole nitrogens is 1. The summed E-state index contributed by atoms with van der Waals surface area (Å²) >= 11 is 0. The van der Waals surface area contributed by atoms with Crippen LogP contribution < -0.4 is 10.9 Å². The second-order valence-corrected chi connectivity index (χ2v) is 6.31. The van der Waals surface area contributed by atoms with Gasteiger partial charge in [-0.2, -0.15) is 9.78 Å². The maximum absolute atomic E-state index is 12.5. The quantitative estimate of drug-likeness (QED) is 0.707. The molecule has 3 aromatic rings. The molecule has 2 N–H and O–H groups in total. The monoisotopic (exact) mass is 369 g/mol. The van der Waals surface area contributed by atoms with Gasteiger partial charge in [-0.1, -0.05) is 0 Å². The van der Waals surface area contributed by atoms with Crippen molar-refractivity contribution in [3.05, 3.63) is 46.1 Å². The average Bonchev–Trinajstić information content (AvgIpc) is 3.31. The number of methoxy groups -OCH3 is 1. The Hall–Kier alpha value is -3.20. The molecule has 0 radical (unpaired) electrons. The highest BCUT2D eigenvalue weighted by atomic mass is 16.5. The van der Waals surface area contributed by atoms with Crippen LogP contribution in [0.1, 0.15) is 24.1 Å². The highest BCUT2D eigenvalue weighted by Crippen LogP contribution is 2.25. The third-order valence-corrected chi connectivity index (χ3v) is 4.41. The zero-order valence-electron chi connectivity index (χ0n) is 14.8. The van der Waals surface area contributed by atoms with E-state index in [0.29, 0.717) is 17.3 Å². The molecule has 0 aliphatic heterocycles. The van der Waals surface area contributed by atoms with Crippen molar-refractivity contribution in [3.63, 3.8) is 0 Å². The first-order chi connectivity index (χ1) is 13.2. The van der Waals surface area contributed by atoms with Crippen LogP contribution in [0.25, 0.3) is 17.4 Å². The van der Waals surface area contributed by atoms with E-state index in [4.69, 9.17) is 9.15 Å². The number of anilines is 1. The molecule has 27 heavy (non-hydrogen) atoms. The van der Waals surface area contributed by atoms with Crippen LogP contribution in [0.15, 0.2) is 33.7 Å². The second kappa shape index (κ2) is 7.20. The van der Waals surface area contributed by atoms with Crippen LogP contribution in [0.3, 0.4) is 0 Å². The van der Waals surface area contributed by atoms with Crippen LogP contribution >= 0.6 is 0 Å². The number of fused-ring (bicyclic) bond motifs is 1. The molecule has 0 bridgehead atoms. The number of rotatable bonds is 5. The van der Waals surface area contributed by atoms with E-state index < -0.39 is 0 Å². The lowest BCUT2D eigenvalue weighted by Crippen LogP contribution is -2.25. The molecule has 0 spiro atoms. The van der Waals surface area contributed by atoms with Crippen molar-refractivity contribution < 1.29 is 13.9 Å². The molecule has 3 heterocycles. The average molecular weight is 369 g/mol. The maximum atomic E-state index is 12.5. The fourth-order valence-electron chi connectivity index (χ4n) is 3.18. The molecular formula is C18H19N5O4. The smallest absolute Gasteiger partial charge is 0.255 e. The molecule has 0 unspecified atom stereocenters. The zero-order chi connectivity index (χ0) is 18.8. The molecule has 1 aliphatic carbocycles. The van der Waals surface area contributed by atoms with Crippen LogP contribution in [-0.2, 0) is 22.4 Å². The molecule has 0 aromatic carbocycles. The fourth-order valence-corrected chi connectivity index (χ4v) is 3.18. The fraction of sp³-hybridized carbons (Fsp3) is 0.333. The minimum absolute atomic E-state index is 0.102. The van der Waals surface area contributed by atoms with Gasteiger partial charge in [0, 0.05) is 18.7 Å². The van der Waals surface area contributed by atoms with E-state index in [1.165, 1.54) is 18.1 Å². The molecule has 1 aliphatic rings. The molecule has 140 valence electrons. The second-order valence-electron chi connectivity index (χ2n) is 6.31. The Morgan fingerprint density at radius 3 is 3.04 bits per heavy atom. The molecule has 0 atom stereocenters. The summed E-state index contributed by atoms with van der Waals surface area (Å²) in [7, 11) is 1.44. The Morgan fingerprint density at radius 2 is 2.26 bits per heavy atom. The van der Waals surface area contributed by atoms with Gasteiger partial charge in [-0.25, -0.2) is 4.98 Å². The van der Waals surface area contributed by atoms with Crippen molar-refractivity contribution in [1.29, 1.82) is 0 Å². The number of aromatic nitrogens is 4. The van der Waals surface area contributed by atoms with Gasteiger partial charge in [-0.3, -0.25) is 14.6 Å². The highest BCUT2D eigenvalue weighted by Gasteiger charge is 2.20. The normalized spacial score (nSPS) is 13.4. The lowest BCUT2D eigenvalue weighted by molar-refractivity contribution is -0.119. The number of hydrogen-bond donors (Lipinski definition) is 2. The SMILES string of the molecule is COCC(=O)Nc1cc(-c2ccco2)nn1-c1nc2c(c(=O)[nH]1)CCCC2. The summed E-state index contributed by atoms with van der Waals surface area (Å²) in [5.41, 5.74) is 1.85. The number of furan rings is 1. The van der Waals surface area contributed by atoms with E-state index in [2.05, 4.69) is 20.4 Å². The van der Waals surface area contributed by atoms with Crippen LogP contribution in [0.2, 0.25) is 0 Å². The number of aryl methyl sites for hydroxylation is 1. The third kappa shape index (κ3) is 3.41. The summed E-state index contributed by atoms with van der Waals surface area (Å²) in [6.07, 6.45) is 5.00. The topological polar surface area (TPSA) is 115 Å². The van der Waals surface area contributed by atoms with E-state index >= 15 is 0 Å². The standard InChI is InChI=1S/C18H19N5O4/c1-26-10-16(24)20-15-9-13(14-7-4-8-27-14)22-23(15)18-19-12-6-3-2-5-11(12)17(25)21-18/h4,7-9H,2-3,5-6,10H2,1H3,(H,20,24)(H,19,21,25). The van der Waals surface area contributed by atoms with Gasteiger partial charge in [-0.15, -0.1) is 0 Å².